The van der Waals surface area contributed by atoms with Gasteiger partial charge in [0.1, 0.15) is 5.75 Å². The third-order valence-electron chi connectivity index (χ3n) is 5.81. The minimum absolute atomic E-state index is 0.0147. The van der Waals surface area contributed by atoms with E-state index in [0.717, 1.165) is 34.3 Å². The summed E-state index contributed by atoms with van der Waals surface area (Å²) in [5.74, 6) is 0.663. The smallest absolute Gasteiger partial charge is 0.256 e. The summed E-state index contributed by atoms with van der Waals surface area (Å²) in [7, 11) is 1.66. The van der Waals surface area contributed by atoms with Crippen LogP contribution >= 0.6 is 11.8 Å². The number of anilines is 2. The molecule has 2 aliphatic heterocycles. The number of carbonyl (C=O) groups excluding carboxylic acids is 2. The maximum atomic E-state index is 13.2. The molecule has 1 N–H and O–H groups in total. The average molecular weight is 446 g/mol. The van der Waals surface area contributed by atoms with Crippen molar-refractivity contribution in [2.45, 2.75) is 9.79 Å². The quantitative estimate of drug-likeness (QED) is 0.649. The Morgan fingerprint density at radius 2 is 1.75 bits per heavy atom. The number of carbonyl (C=O) groups is 2. The van der Waals surface area contributed by atoms with Crippen molar-refractivity contribution in [3.63, 3.8) is 0 Å². The lowest BCUT2D eigenvalue weighted by Gasteiger charge is -2.36. The summed E-state index contributed by atoms with van der Waals surface area (Å²) < 4.78 is 5.32. The van der Waals surface area contributed by atoms with Gasteiger partial charge in [-0.15, -0.1) is 0 Å². The maximum absolute atomic E-state index is 13.2. The Kier molecular flexibility index (Phi) is 5.49. The molecule has 2 aliphatic rings. The summed E-state index contributed by atoms with van der Waals surface area (Å²) in [6.07, 6.45) is 0. The van der Waals surface area contributed by atoms with Gasteiger partial charge in [0.05, 0.1) is 18.4 Å². The Bertz CT molecular complexity index is 1190. The number of piperazine rings is 1. The van der Waals surface area contributed by atoms with Gasteiger partial charge in [-0.05, 0) is 42.5 Å². The zero-order chi connectivity index (χ0) is 22.1. The van der Waals surface area contributed by atoms with Crippen LogP contribution in [-0.2, 0) is 0 Å². The number of benzene rings is 3. The molecule has 0 saturated carbocycles. The molecule has 32 heavy (non-hydrogen) atoms. The van der Waals surface area contributed by atoms with Gasteiger partial charge >= 0.3 is 0 Å². The van der Waals surface area contributed by atoms with Gasteiger partial charge < -0.3 is 19.9 Å². The van der Waals surface area contributed by atoms with Crippen LogP contribution in [0.25, 0.3) is 0 Å². The molecular formula is C25H23N3O3S. The lowest BCUT2D eigenvalue weighted by Crippen LogP contribution is -2.48. The molecule has 0 aromatic heterocycles. The molecule has 0 radical (unpaired) electrons. The number of rotatable bonds is 3. The van der Waals surface area contributed by atoms with E-state index >= 15 is 0 Å². The molecule has 1 saturated heterocycles. The van der Waals surface area contributed by atoms with E-state index in [4.69, 9.17) is 4.74 Å². The third kappa shape index (κ3) is 3.91. The lowest BCUT2D eigenvalue weighted by atomic mass is 10.1. The number of hydrogen-bond acceptors (Lipinski definition) is 5. The molecule has 162 valence electrons. The lowest BCUT2D eigenvalue weighted by molar-refractivity contribution is 0.0746. The molecule has 6 nitrogen and oxygen atoms in total. The molecule has 2 amide bonds. The zero-order valence-corrected chi connectivity index (χ0v) is 18.5. The van der Waals surface area contributed by atoms with Gasteiger partial charge in [-0.1, -0.05) is 30.0 Å². The second-order valence-electron chi connectivity index (χ2n) is 7.74. The minimum Gasteiger partial charge on any atom is -0.497 e. The Labute approximate surface area is 191 Å². The highest BCUT2D eigenvalue weighted by atomic mass is 32.2. The number of fused-ring (bicyclic) bond motifs is 2. The first-order chi connectivity index (χ1) is 15.6. The predicted molar refractivity (Wildman–Crippen MR) is 126 cm³/mol. The molecule has 0 bridgehead atoms. The first-order valence-electron chi connectivity index (χ1n) is 10.5. The summed E-state index contributed by atoms with van der Waals surface area (Å²) >= 11 is 1.54. The number of amides is 2. The van der Waals surface area contributed by atoms with E-state index < -0.39 is 0 Å². The third-order valence-corrected chi connectivity index (χ3v) is 6.96. The van der Waals surface area contributed by atoms with Gasteiger partial charge in [0.2, 0.25) is 0 Å². The molecular weight excluding hydrogens is 422 g/mol. The van der Waals surface area contributed by atoms with Gasteiger partial charge in [-0.25, -0.2) is 0 Å². The molecule has 1 fully saturated rings. The van der Waals surface area contributed by atoms with Gasteiger partial charge in [-0.2, -0.15) is 0 Å². The van der Waals surface area contributed by atoms with Crippen LogP contribution in [0.15, 0.2) is 76.5 Å². The SMILES string of the molecule is COc1cccc(N2CCN(C(=O)c3ccc4c(c3)NC(=O)c3ccccc3S4)CC2)c1. The van der Waals surface area contributed by atoms with E-state index in [-0.39, 0.29) is 11.8 Å². The molecule has 3 aromatic rings. The van der Waals surface area contributed by atoms with Crippen LogP contribution in [0.3, 0.4) is 0 Å². The molecule has 0 aliphatic carbocycles. The number of hydrogen-bond donors (Lipinski definition) is 1. The van der Waals surface area contributed by atoms with Crippen molar-refractivity contribution in [3.8, 4) is 5.75 Å². The highest BCUT2D eigenvalue weighted by Crippen LogP contribution is 2.39. The van der Waals surface area contributed by atoms with Crippen molar-refractivity contribution in [2.75, 3.05) is 43.5 Å². The summed E-state index contributed by atoms with van der Waals surface area (Å²) in [5, 5.41) is 2.97. The Morgan fingerprint density at radius 3 is 2.56 bits per heavy atom. The predicted octanol–water partition coefficient (Wildman–Crippen LogP) is 4.37. The van der Waals surface area contributed by atoms with E-state index in [2.05, 4.69) is 16.3 Å². The summed E-state index contributed by atoms with van der Waals surface area (Å²) in [5.41, 5.74) is 3.01. The molecule has 2 heterocycles. The van der Waals surface area contributed by atoms with Crippen LogP contribution < -0.4 is 15.0 Å². The first-order valence-corrected chi connectivity index (χ1v) is 11.3. The summed E-state index contributed by atoms with van der Waals surface area (Å²) in [6, 6.07) is 21.1. The van der Waals surface area contributed by atoms with Crippen LogP contribution in [0, 0.1) is 0 Å². The fourth-order valence-electron chi connectivity index (χ4n) is 4.06. The van der Waals surface area contributed by atoms with Gasteiger partial charge in [0.15, 0.2) is 0 Å². The molecule has 3 aromatic carbocycles. The van der Waals surface area contributed by atoms with E-state index in [1.54, 1.807) is 13.2 Å². The van der Waals surface area contributed by atoms with Crippen molar-refractivity contribution in [2.24, 2.45) is 0 Å². The Balaban J connectivity index is 1.30. The molecule has 0 spiro atoms. The van der Waals surface area contributed by atoms with Crippen molar-refractivity contribution in [3.05, 3.63) is 77.9 Å². The molecule has 0 atom stereocenters. The van der Waals surface area contributed by atoms with E-state index in [1.807, 2.05) is 59.5 Å². The van der Waals surface area contributed by atoms with E-state index in [0.29, 0.717) is 29.9 Å². The standard InChI is InChI=1S/C25H23N3O3S/c1-31-19-6-4-5-18(16-19)27-11-13-28(14-12-27)25(30)17-9-10-23-21(15-17)26-24(29)20-7-2-3-8-22(20)32-23/h2-10,15-16H,11-14H2,1H3,(H,26,29). The Morgan fingerprint density at radius 1 is 0.938 bits per heavy atom. The van der Waals surface area contributed by atoms with Crippen LogP contribution in [0.5, 0.6) is 5.75 Å². The molecule has 5 rings (SSSR count). The molecule has 0 unspecified atom stereocenters. The largest absolute Gasteiger partial charge is 0.497 e. The highest BCUT2D eigenvalue weighted by Gasteiger charge is 2.25. The van der Waals surface area contributed by atoms with E-state index in [1.165, 1.54) is 11.8 Å². The highest BCUT2D eigenvalue weighted by molar-refractivity contribution is 7.99. The summed E-state index contributed by atoms with van der Waals surface area (Å²) in [4.78, 5) is 31.8. The zero-order valence-electron chi connectivity index (χ0n) is 17.7. The van der Waals surface area contributed by atoms with Crippen molar-refractivity contribution >= 4 is 35.0 Å². The second kappa shape index (κ2) is 8.59. The second-order valence-corrected chi connectivity index (χ2v) is 8.83. The first kappa shape index (κ1) is 20.5. The summed E-state index contributed by atoms with van der Waals surface area (Å²) in [6.45, 7) is 2.79. The van der Waals surface area contributed by atoms with Crippen molar-refractivity contribution < 1.29 is 14.3 Å². The fraction of sp³-hybridized carbons (Fsp3) is 0.200. The normalized spacial score (nSPS) is 15.3. The van der Waals surface area contributed by atoms with Crippen molar-refractivity contribution in [1.82, 2.24) is 4.90 Å². The molecule has 7 heteroatoms. The van der Waals surface area contributed by atoms with E-state index in [9.17, 15) is 9.59 Å². The number of ether oxygens (including phenoxy) is 1. The number of nitrogens with one attached hydrogen (secondary N) is 1. The number of methoxy groups -OCH3 is 1. The van der Waals surface area contributed by atoms with Crippen molar-refractivity contribution in [1.29, 1.82) is 0 Å². The van der Waals surface area contributed by atoms with Crippen LogP contribution in [0.1, 0.15) is 20.7 Å². The van der Waals surface area contributed by atoms with Crippen LogP contribution in [0.2, 0.25) is 0 Å². The maximum Gasteiger partial charge on any atom is 0.256 e. The minimum atomic E-state index is -0.150. The van der Waals surface area contributed by atoms with Gasteiger partial charge in [0.25, 0.3) is 11.8 Å². The topological polar surface area (TPSA) is 61.9 Å². The average Bonchev–Trinajstić information content (AvgIpc) is 2.99. The monoisotopic (exact) mass is 445 g/mol. The van der Waals surface area contributed by atoms with Gasteiger partial charge in [-0.3, -0.25) is 9.59 Å². The van der Waals surface area contributed by atoms with Crippen LogP contribution in [-0.4, -0.2) is 50.0 Å². The fourth-order valence-corrected chi connectivity index (χ4v) is 5.07. The number of nitrogens with zero attached hydrogens (tertiary/aromatic N) is 2. The Hall–Kier alpha value is -3.45. The van der Waals surface area contributed by atoms with Crippen LogP contribution in [0.4, 0.5) is 11.4 Å². The van der Waals surface area contributed by atoms with Gasteiger partial charge in [0, 0.05) is 53.3 Å².